The molecule has 0 atom stereocenters. The molecule has 2 rings (SSSR count). The van der Waals surface area contributed by atoms with Crippen LogP contribution in [-0.2, 0) is 0 Å². The van der Waals surface area contributed by atoms with Crippen LogP contribution in [-0.4, -0.2) is 4.98 Å². The molecule has 18 heavy (non-hydrogen) atoms. The van der Waals surface area contributed by atoms with Gasteiger partial charge in [0.2, 0.25) is 0 Å². The number of pyridine rings is 1. The molecule has 3 heteroatoms. The van der Waals surface area contributed by atoms with Crippen molar-refractivity contribution in [2.45, 2.75) is 20.8 Å². The van der Waals surface area contributed by atoms with Crippen molar-refractivity contribution in [1.29, 1.82) is 5.26 Å². The van der Waals surface area contributed by atoms with E-state index in [1.807, 2.05) is 39.0 Å². The Kier molecular flexibility index (Phi) is 5.01. The number of aryl methyl sites for hydroxylation is 1. The molecule has 0 aliphatic rings. The Bertz CT molecular complexity index is 571. The Morgan fingerprint density at radius 1 is 1.22 bits per heavy atom. The lowest BCUT2D eigenvalue weighted by atomic mass is 10.0. The van der Waals surface area contributed by atoms with Crippen LogP contribution >= 0.6 is 0 Å². The van der Waals surface area contributed by atoms with Gasteiger partial charge >= 0.3 is 0 Å². The van der Waals surface area contributed by atoms with Gasteiger partial charge in [-0.05, 0) is 30.7 Å². The van der Waals surface area contributed by atoms with Crippen molar-refractivity contribution in [3.63, 3.8) is 0 Å². The van der Waals surface area contributed by atoms with E-state index in [0.717, 1.165) is 16.8 Å². The van der Waals surface area contributed by atoms with E-state index in [1.54, 1.807) is 18.3 Å². The molecule has 0 aliphatic heterocycles. The molecule has 0 amide bonds. The molecule has 1 aromatic carbocycles. The van der Waals surface area contributed by atoms with Crippen LogP contribution in [0.2, 0.25) is 0 Å². The molecule has 0 saturated heterocycles. The molecule has 1 heterocycles. The van der Waals surface area contributed by atoms with E-state index in [1.165, 1.54) is 6.07 Å². The molecule has 1 aromatic heterocycles. The molecule has 0 unspecified atom stereocenters. The van der Waals surface area contributed by atoms with Gasteiger partial charge in [-0.25, -0.2) is 4.39 Å². The van der Waals surface area contributed by atoms with Gasteiger partial charge in [-0.15, -0.1) is 0 Å². The second kappa shape index (κ2) is 6.51. The second-order valence-electron chi connectivity index (χ2n) is 3.44. The van der Waals surface area contributed by atoms with Gasteiger partial charge in [0.1, 0.15) is 11.9 Å². The highest BCUT2D eigenvalue weighted by Crippen LogP contribution is 2.23. The molecule has 0 saturated carbocycles. The maximum atomic E-state index is 13.1. The van der Waals surface area contributed by atoms with Gasteiger partial charge in [0.15, 0.2) is 0 Å². The van der Waals surface area contributed by atoms with Crippen LogP contribution < -0.4 is 0 Å². The third-order valence-corrected chi connectivity index (χ3v) is 2.40. The fourth-order valence-corrected chi connectivity index (χ4v) is 1.57. The van der Waals surface area contributed by atoms with E-state index in [2.05, 4.69) is 4.98 Å². The fraction of sp³-hybridized carbons (Fsp3) is 0.200. The summed E-state index contributed by atoms with van der Waals surface area (Å²) in [5, 5.41) is 8.75. The maximum Gasteiger partial charge on any atom is 0.140 e. The summed E-state index contributed by atoms with van der Waals surface area (Å²) < 4.78 is 13.1. The van der Waals surface area contributed by atoms with Crippen LogP contribution in [0.5, 0.6) is 0 Å². The molecule has 0 fully saturated rings. The summed E-state index contributed by atoms with van der Waals surface area (Å²) in [6.45, 7) is 5.88. The predicted octanol–water partition coefficient (Wildman–Crippen LogP) is 4.09. The highest BCUT2D eigenvalue weighted by atomic mass is 19.1. The average molecular weight is 242 g/mol. The molecule has 2 aromatic rings. The maximum absolute atomic E-state index is 13.1. The Labute approximate surface area is 107 Å². The van der Waals surface area contributed by atoms with Gasteiger partial charge < -0.3 is 0 Å². The van der Waals surface area contributed by atoms with Crippen molar-refractivity contribution in [2.75, 3.05) is 0 Å². The number of nitrogens with zero attached hydrogens (tertiary/aromatic N) is 2. The quantitative estimate of drug-likeness (QED) is 0.755. The molecule has 0 spiro atoms. The van der Waals surface area contributed by atoms with Crippen LogP contribution in [0.15, 0.2) is 36.5 Å². The van der Waals surface area contributed by atoms with Gasteiger partial charge in [0.25, 0.3) is 0 Å². The summed E-state index contributed by atoms with van der Waals surface area (Å²) in [6.07, 6.45) is 1.70. The minimum absolute atomic E-state index is 0.0563. The van der Waals surface area contributed by atoms with Crippen molar-refractivity contribution in [3.05, 3.63) is 53.6 Å². The first-order valence-electron chi connectivity index (χ1n) is 5.84. The minimum atomic E-state index is -0.493. The molecular formula is C15H15FN2. The summed E-state index contributed by atoms with van der Waals surface area (Å²) in [4.78, 5) is 4.16. The molecule has 0 radical (unpaired) electrons. The largest absolute Gasteiger partial charge is 0.261 e. The lowest BCUT2D eigenvalue weighted by Gasteiger charge is -2.05. The number of halogens is 1. The van der Waals surface area contributed by atoms with E-state index in [0.29, 0.717) is 0 Å². The summed E-state index contributed by atoms with van der Waals surface area (Å²) in [6, 6.07) is 10.0. The van der Waals surface area contributed by atoms with Crippen LogP contribution in [0.3, 0.4) is 0 Å². The van der Waals surface area contributed by atoms with E-state index < -0.39 is 5.82 Å². The smallest absolute Gasteiger partial charge is 0.140 e. The Morgan fingerprint density at radius 2 is 1.94 bits per heavy atom. The monoisotopic (exact) mass is 242 g/mol. The first-order valence-corrected chi connectivity index (χ1v) is 5.84. The third kappa shape index (κ3) is 2.92. The number of benzene rings is 1. The van der Waals surface area contributed by atoms with E-state index in [9.17, 15) is 4.39 Å². The van der Waals surface area contributed by atoms with Crippen molar-refractivity contribution in [2.24, 2.45) is 0 Å². The Morgan fingerprint density at radius 3 is 2.56 bits per heavy atom. The summed E-state index contributed by atoms with van der Waals surface area (Å²) in [5.41, 5.74) is 2.64. The molecule has 0 N–H and O–H groups in total. The molecular weight excluding hydrogens is 227 g/mol. The normalized spacial score (nSPS) is 9.06. The molecule has 2 nitrogen and oxygen atoms in total. The summed E-state index contributed by atoms with van der Waals surface area (Å²) >= 11 is 0. The van der Waals surface area contributed by atoms with Gasteiger partial charge in [0, 0.05) is 17.5 Å². The van der Waals surface area contributed by atoms with Crippen LogP contribution in [0.4, 0.5) is 4.39 Å². The number of hydrogen-bond donors (Lipinski definition) is 0. The second-order valence-corrected chi connectivity index (χ2v) is 3.44. The van der Waals surface area contributed by atoms with Gasteiger partial charge in [-0.1, -0.05) is 26.0 Å². The van der Waals surface area contributed by atoms with Crippen molar-refractivity contribution in [1.82, 2.24) is 4.98 Å². The summed E-state index contributed by atoms with van der Waals surface area (Å²) in [7, 11) is 0. The fourth-order valence-electron chi connectivity index (χ4n) is 1.57. The lowest BCUT2D eigenvalue weighted by Crippen LogP contribution is -1.89. The highest BCUT2D eigenvalue weighted by molar-refractivity contribution is 5.67. The average Bonchev–Trinajstić information content (AvgIpc) is 2.42. The van der Waals surface area contributed by atoms with E-state index in [4.69, 9.17) is 5.26 Å². The first-order chi connectivity index (χ1) is 8.72. The van der Waals surface area contributed by atoms with Crippen molar-refractivity contribution in [3.8, 4) is 17.2 Å². The molecule has 0 aliphatic carbocycles. The van der Waals surface area contributed by atoms with Gasteiger partial charge in [-0.3, -0.25) is 4.98 Å². The van der Waals surface area contributed by atoms with Crippen molar-refractivity contribution < 1.29 is 4.39 Å². The van der Waals surface area contributed by atoms with Crippen molar-refractivity contribution >= 4 is 0 Å². The molecule has 0 bridgehead atoms. The van der Waals surface area contributed by atoms with Crippen LogP contribution in [0.25, 0.3) is 11.1 Å². The Balaban J connectivity index is 0.000000771. The van der Waals surface area contributed by atoms with E-state index >= 15 is 0 Å². The standard InChI is InChI=1S/C13H9FN2.C2H6/c1-9-12(3-2-6-16-9)10-4-5-13(14)11(7-10)8-15;1-2/h2-7H,1H3;1-2H3. The minimum Gasteiger partial charge on any atom is -0.261 e. The first kappa shape index (κ1) is 13.9. The topological polar surface area (TPSA) is 36.7 Å². The molecule has 92 valence electrons. The zero-order valence-corrected chi connectivity index (χ0v) is 10.7. The van der Waals surface area contributed by atoms with Gasteiger partial charge in [0.05, 0.1) is 5.56 Å². The SMILES string of the molecule is CC.Cc1ncccc1-c1ccc(F)c(C#N)c1. The zero-order valence-electron chi connectivity index (χ0n) is 10.7. The zero-order chi connectivity index (χ0) is 13.5. The lowest BCUT2D eigenvalue weighted by molar-refractivity contribution is 0.624. The summed E-state index contributed by atoms with van der Waals surface area (Å²) in [5.74, 6) is -0.493. The van der Waals surface area contributed by atoms with Gasteiger partial charge in [-0.2, -0.15) is 5.26 Å². The predicted molar refractivity (Wildman–Crippen MR) is 70.4 cm³/mol. The van der Waals surface area contributed by atoms with Crippen LogP contribution in [0.1, 0.15) is 25.1 Å². The van der Waals surface area contributed by atoms with E-state index in [-0.39, 0.29) is 5.56 Å². The van der Waals surface area contributed by atoms with Crippen LogP contribution in [0, 0.1) is 24.1 Å². The number of hydrogen-bond acceptors (Lipinski definition) is 2. The third-order valence-electron chi connectivity index (χ3n) is 2.40. The number of aromatic nitrogens is 1. The highest BCUT2D eigenvalue weighted by Gasteiger charge is 2.06. The Hall–Kier alpha value is -2.21. The number of rotatable bonds is 1. The number of nitriles is 1.